The minimum atomic E-state index is 0.448. The van der Waals surface area contributed by atoms with Crippen molar-refractivity contribution in [3.8, 4) is 5.75 Å². The number of hydrogen-bond acceptors (Lipinski definition) is 6. The Morgan fingerprint density at radius 3 is 3.04 bits per heavy atom. The van der Waals surface area contributed by atoms with Crippen molar-refractivity contribution in [3.05, 3.63) is 29.8 Å². The standard InChI is InChI=1S/C16H22N2O2S3/c21-16(17-5-6-18-7-9-19-10-8-18)20-14-3-1-2-13(12-14)15-4-11-22-23-15/h1-3,12,15H,4-11H2,(H,17,21). The van der Waals surface area contributed by atoms with Crippen molar-refractivity contribution < 1.29 is 9.47 Å². The molecule has 2 fully saturated rings. The van der Waals surface area contributed by atoms with Crippen LogP contribution < -0.4 is 10.1 Å². The van der Waals surface area contributed by atoms with Crippen LogP contribution >= 0.6 is 33.8 Å². The fraction of sp³-hybridized carbons (Fsp3) is 0.562. The normalized spacial score (nSPS) is 22.0. The molecule has 126 valence electrons. The van der Waals surface area contributed by atoms with Gasteiger partial charge in [0.1, 0.15) is 5.75 Å². The monoisotopic (exact) mass is 370 g/mol. The van der Waals surface area contributed by atoms with Crippen LogP contribution in [0.25, 0.3) is 0 Å². The predicted molar refractivity (Wildman–Crippen MR) is 102 cm³/mol. The molecular formula is C16H22N2O2S3. The second-order valence-corrected chi connectivity index (χ2v) is 8.60. The van der Waals surface area contributed by atoms with Gasteiger partial charge in [-0.05, 0) is 36.3 Å². The molecule has 0 aliphatic carbocycles. The summed E-state index contributed by atoms with van der Waals surface area (Å²) in [4.78, 5) is 2.37. The fourth-order valence-electron chi connectivity index (χ4n) is 2.62. The summed E-state index contributed by atoms with van der Waals surface area (Å²) in [7, 11) is 3.90. The molecule has 4 nitrogen and oxygen atoms in total. The topological polar surface area (TPSA) is 33.7 Å². The lowest BCUT2D eigenvalue weighted by molar-refractivity contribution is 0.0388. The molecule has 0 aromatic heterocycles. The lowest BCUT2D eigenvalue weighted by Crippen LogP contribution is -2.41. The molecule has 2 heterocycles. The summed E-state index contributed by atoms with van der Waals surface area (Å²) in [6, 6.07) is 8.29. The predicted octanol–water partition coefficient (Wildman–Crippen LogP) is 3.10. The molecule has 1 unspecified atom stereocenters. The summed E-state index contributed by atoms with van der Waals surface area (Å²) < 4.78 is 11.1. The average Bonchev–Trinajstić information content (AvgIpc) is 3.11. The number of morpholine rings is 1. The van der Waals surface area contributed by atoms with Gasteiger partial charge in [-0.15, -0.1) is 0 Å². The lowest BCUT2D eigenvalue weighted by atomic mass is 10.1. The lowest BCUT2D eigenvalue weighted by Gasteiger charge is -2.26. The SMILES string of the molecule is S=C(NCCN1CCOCC1)Oc1cccc(C2CCSS2)c1. The van der Waals surface area contributed by atoms with Crippen LogP contribution in [0.5, 0.6) is 5.75 Å². The number of hydrogen-bond donors (Lipinski definition) is 1. The first-order chi connectivity index (χ1) is 11.3. The molecule has 2 aliphatic heterocycles. The summed E-state index contributed by atoms with van der Waals surface area (Å²) in [5.41, 5.74) is 1.33. The van der Waals surface area contributed by atoms with E-state index in [1.807, 2.05) is 33.7 Å². The summed E-state index contributed by atoms with van der Waals surface area (Å²) in [6.07, 6.45) is 1.22. The van der Waals surface area contributed by atoms with Crippen molar-refractivity contribution in [2.75, 3.05) is 45.1 Å². The van der Waals surface area contributed by atoms with Crippen LogP contribution in [0.4, 0.5) is 0 Å². The van der Waals surface area contributed by atoms with Crippen LogP contribution in [0.1, 0.15) is 17.2 Å². The summed E-state index contributed by atoms with van der Waals surface area (Å²) in [5.74, 6) is 2.05. The first-order valence-corrected chi connectivity index (χ1v) is 10.7. The van der Waals surface area contributed by atoms with Crippen molar-refractivity contribution in [2.24, 2.45) is 0 Å². The van der Waals surface area contributed by atoms with Crippen molar-refractivity contribution >= 4 is 39.0 Å². The van der Waals surface area contributed by atoms with Crippen molar-refractivity contribution in [1.29, 1.82) is 0 Å². The van der Waals surface area contributed by atoms with Gasteiger partial charge in [0, 0.05) is 37.2 Å². The molecule has 7 heteroatoms. The molecule has 0 spiro atoms. The molecule has 1 aromatic carbocycles. The van der Waals surface area contributed by atoms with Gasteiger partial charge in [-0.1, -0.05) is 33.7 Å². The van der Waals surface area contributed by atoms with Gasteiger partial charge in [-0.25, -0.2) is 0 Å². The van der Waals surface area contributed by atoms with E-state index < -0.39 is 0 Å². The van der Waals surface area contributed by atoms with E-state index in [-0.39, 0.29) is 0 Å². The van der Waals surface area contributed by atoms with Gasteiger partial charge in [0.15, 0.2) is 0 Å². The zero-order valence-electron chi connectivity index (χ0n) is 13.0. The highest BCUT2D eigenvalue weighted by Crippen LogP contribution is 2.48. The highest BCUT2D eigenvalue weighted by Gasteiger charge is 2.19. The van der Waals surface area contributed by atoms with E-state index >= 15 is 0 Å². The summed E-state index contributed by atoms with van der Waals surface area (Å²) in [5, 5.41) is 4.21. The smallest absolute Gasteiger partial charge is 0.262 e. The Labute approximate surface area is 151 Å². The number of nitrogens with one attached hydrogen (secondary N) is 1. The maximum absolute atomic E-state index is 5.77. The minimum Gasteiger partial charge on any atom is -0.432 e. The van der Waals surface area contributed by atoms with E-state index in [0.717, 1.165) is 45.1 Å². The van der Waals surface area contributed by atoms with Crippen LogP contribution in [0, 0.1) is 0 Å². The largest absolute Gasteiger partial charge is 0.432 e. The van der Waals surface area contributed by atoms with E-state index in [4.69, 9.17) is 21.7 Å². The second kappa shape index (κ2) is 9.13. The molecule has 23 heavy (non-hydrogen) atoms. The molecule has 0 saturated carbocycles. The quantitative estimate of drug-likeness (QED) is 0.630. The second-order valence-electron chi connectivity index (χ2n) is 5.54. The molecular weight excluding hydrogens is 348 g/mol. The maximum atomic E-state index is 5.77. The Kier molecular flexibility index (Phi) is 6.89. The van der Waals surface area contributed by atoms with Crippen LogP contribution in [0.15, 0.2) is 24.3 Å². The highest BCUT2D eigenvalue weighted by molar-refractivity contribution is 8.77. The van der Waals surface area contributed by atoms with Crippen molar-refractivity contribution in [2.45, 2.75) is 11.7 Å². The number of nitrogens with zero attached hydrogens (tertiary/aromatic N) is 1. The molecule has 0 bridgehead atoms. The van der Waals surface area contributed by atoms with Gasteiger partial charge in [0.25, 0.3) is 5.17 Å². The maximum Gasteiger partial charge on any atom is 0.262 e. The van der Waals surface area contributed by atoms with Crippen LogP contribution in [0.2, 0.25) is 0 Å². The first-order valence-electron chi connectivity index (χ1n) is 7.95. The molecule has 1 N–H and O–H groups in total. The molecule has 1 aromatic rings. The number of benzene rings is 1. The molecule has 3 rings (SSSR count). The third-order valence-electron chi connectivity index (χ3n) is 3.89. The Morgan fingerprint density at radius 2 is 2.26 bits per heavy atom. The van der Waals surface area contributed by atoms with E-state index in [1.54, 1.807) is 0 Å². The van der Waals surface area contributed by atoms with E-state index in [2.05, 4.69) is 22.3 Å². The minimum absolute atomic E-state index is 0.448. The van der Waals surface area contributed by atoms with Crippen LogP contribution in [-0.4, -0.2) is 55.2 Å². The first kappa shape index (κ1) is 17.4. The van der Waals surface area contributed by atoms with Gasteiger partial charge >= 0.3 is 0 Å². The van der Waals surface area contributed by atoms with Gasteiger partial charge < -0.3 is 14.8 Å². The Hall–Kier alpha value is -0.470. The van der Waals surface area contributed by atoms with E-state index in [9.17, 15) is 0 Å². The van der Waals surface area contributed by atoms with Gasteiger partial charge in [0.2, 0.25) is 0 Å². The van der Waals surface area contributed by atoms with Gasteiger partial charge in [-0.3, -0.25) is 4.90 Å². The van der Waals surface area contributed by atoms with Gasteiger partial charge in [0.05, 0.1) is 13.2 Å². The van der Waals surface area contributed by atoms with Crippen molar-refractivity contribution in [3.63, 3.8) is 0 Å². The Bertz CT molecular complexity index is 518. The fourth-order valence-corrected chi connectivity index (χ4v) is 5.72. The van der Waals surface area contributed by atoms with Gasteiger partial charge in [-0.2, -0.15) is 0 Å². The van der Waals surface area contributed by atoms with E-state index in [0.29, 0.717) is 10.4 Å². The Balaban J connectivity index is 1.43. The molecule has 0 amide bonds. The molecule has 2 saturated heterocycles. The summed E-state index contributed by atoms with van der Waals surface area (Å²) in [6.45, 7) is 5.40. The zero-order valence-corrected chi connectivity index (χ0v) is 15.5. The molecule has 0 radical (unpaired) electrons. The number of thiocarbonyl (C=S) groups is 1. The third-order valence-corrected chi connectivity index (χ3v) is 7.00. The Morgan fingerprint density at radius 1 is 1.39 bits per heavy atom. The zero-order chi connectivity index (χ0) is 15.9. The highest BCUT2D eigenvalue weighted by atomic mass is 33.1. The number of ether oxygens (including phenoxy) is 2. The summed E-state index contributed by atoms with van der Waals surface area (Å²) >= 11 is 5.30. The van der Waals surface area contributed by atoms with E-state index in [1.165, 1.54) is 17.7 Å². The molecule has 1 atom stereocenters. The molecule has 2 aliphatic rings. The van der Waals surface area contributed by atoms with Crippen LogP contribution in [0.3, 0.4) is 0 Å². The third kappa shape index (κ3) is 5.53. The van der Waals surface area contributed by atoms with Crippen molar-refractivity contribution in [1.82, 2.24) is 10.2 Å². The average molecular weight is 371 g/mol. The number of rotatable bonds is 5. The van der Waals surface area contributed by atoms with Crippen LogP contribution in [-0.2, 0) is 4.74 Å².